The van der Waals surface area contributed by atoms with E-state index in [2.05, 4.69) is 0 Å². The molecule has 35 heavy (non-hydrogen) atoms. The summed E-state index contributed by atoms with van der Waals surface area (Å²) in [5.41, 5.74) is 1.95. The number of alkyl halides is 3. The Bertz CT molecular complexity index is 1100. The van der Waals surface area contributed by atoms with Crippen molar-refractivity contribution in [3.8, 4) is 11.1 Å². The highest BCUT2D eigenvalue weighted by molar-refractivity contribution is 5.92. The molecule has 0 aliphatic heterocycles. The number of halogens is 3. The average molecular weight is 490 g/mol. The smallest absolute Gasteiger partial charge is 0.417 e. The molecule has 1 atom stereocenters. The van der Waals surface area contributed by atoms with Crippen LogP contribution in [0.4, 0.5) is 18.0 Å². The lowest BCUT2D eigenvalue weighted by atomic mass is 9.95. The van der Waals surface area contributed by atoms with Gasteiger partial charge in [0.15, 0.2) is 0 Å². The number of hydrogen-bond acceptors (Lipinski definition) is 4. The monoisotopic (exact) mass is 490 g/mol. The number of carboxylic acids is 1. The molecule has 1 unspecified atom stereocenters. The van der Waals surface area contributed by atoms with Crippen molar-refractivity contribution in [2.45, 2.75) is 49.4 Å². The summed E-state index contributed by atoms with van der Waals surface area (Å²) in [5.74, 6) is -3.28. The highest BCUT2D eigenvalue weighted by Crippen LogP contribution is 2.44. The molecule has 2 amide bonds. The van der Waals surface area contributed by atoms with Gasteiger partial charge < -0.3 is 20.1 Å². The van der Waals surface area contributed by atoms with Crippen molar-refractivity contribution in [3.63, 3.8) is 0 Å². The topological polar surface area (TPSA) is 95.9 Å². The Morgan fingerprint density at radius 1 is 1.06 bits per heavy atom. The number of nitrogens with one attached hydrogen (secondary N) is 1. The number of carboxylic acid groups (broad SMARTS) is 1. The van der Waals surface area contributed by atoms with E-state index in [1.54, 1.807) is 5.32 Å². The molecule has 0 radical (unpaired) electrons. The maximum Gasteiger partial charge on any atom is 0.417 e. The van der Waals surface area contributed by atoms with Crippen molar-refractivity contribution in [2.24, 2.45) is 0 Å². The Balaban J connectivity index is 1.49. The number of alkyl carbamates (subject to hydrolysis) is 1. The molecule has 2 aliphatic carbocycles. The van der Waals surface area contributed by atoms with Crippen LogP contribution in [0.3, 0.4) is 0 Å². The molecular weight excluding hydrogens is 465 g/mol. The Hall–Kier alpha value is -3.56. The van der Waals surface area contributed by atoms with Crippen LogP contribution in [0.15, 0.2) is 48.5 Å². The molecule has 2 aromatic rings. The number of nitrogens with zero attached hydrogens (tertiary/aromatic N) is 1. The first-order valence-corrected chi connectivity index (χ1v) is 11.3. The van der Waals surface area contributed by atoms with Crippen molar-refractivity contribution in [1.29, 1.82) is 0 Å². The van der Waals surface area contributed by atoms with E-state index in [-0.39, 0.29) is 25.4 Å². The van der Waals surface area contributed by atoms with E-state index in [0.717, 1.165) is 29.3 Å². The molecular formula is C25H25F3N2O5. The number of rotatable bonds is 6. The molecule has 1 saturated carbocycles. The Morgan fingerprint density at radius 2 is 1.57 bits per heavy atom. The van der Waals surface area contributed by atoms with Gasteiger partial charge in [0.1, 0.15) is 12.1 Å². The van der Waals surface area contributed by atoms with E-state index in [4.69, 9.17) is 4.74 Å². The van der Waals surface area contributed by atoms with Crippen LogP contribution < -0.4 is 5.32 Å². The van der Waals surface area contributed by atoms with Crippen LogP contribution in [0.5, 0.6) is 0 Å². The van der Waals surface area contributed by atoms with E-state index >= 15 is 0 Å². The van der Waals surface area contributed by atoms with Crippen molar-refractivity contribution < 1.29 is 37.4 Å². The van der Waals surface area contributed by atoms with Gasteiger partial charge in [-0.25, -0.2) is 9.59 Å². The predicted octanol–water partition coefficient (Wildman–Crippen LogP) is 4.31. The largest absolute Gasteiger partial charge is 0.479 e. The minimum absolute atomic E-state index is 0.0418. The fourth-order valence-corrected chi connectivity index (χ4v) is 5.10. The SMILES string of the molecule is CN(C(=O)C(NC(=O)OCC1c2ccccc2-c2ccccc21)C(F)(F)F)C1(C(=O)O)CCCC1. The second kappa shape index (κ2) is 9.24. The number of likely N-dealkylation sites (N-methyl/N-ethyl adjacent to an activating group) is 1. The molecule has 0 saturated heterocycles. The number of ether oxygens (including phenoxy) is 1. The fraction of sp³-hybridized carbons (Fsp3) is 0.400. The van der Waals surface area contributed by atoms with Gasteiger partial charge in [0, 0.05) is 13.0 Å². The summed E-state index contributed by atoms with van der Waals surface area (Å²) in [5, 5.41) is 11.2. The minimum Gasteiger partial charge on any atom is -0.479 e. The van der Waals surface area contributed by atoms with Crippen LogP contribution in [-0.2, 0) is 14.3 Å². The first kappa shape index (κ1) is 24.6. The van der Waals surface area contributed by atoms with Gasteiger partial charge >= 0.3 is 18.2 Å². The standard InChI is InChI=1S/C25H25F3N2O5/c1-30(24(22(32)33)12-6-7-13-24)21(31)20(25(26,27)28)29-23(34)35-14-19-17-10-4-2-8-15(17)16-9-3-5-11-18(16)19/h2-5,8-11,19-20H,6-7,12-14H2,1H3,(H,29,34)(H,32,33). The van der Waals surface area contributed by atoms with E-state index in [1.807, 2.05) is 48.5 Å². The Labute approximate surface area is 199 Å². The molecule has 2 aliphatic rings. The van der Waals surface area contributed by atoms with Crippen LogP contribution in [0, 0.1) is 0 Å². The maximum atomic E-state index is 13.8. The first-order valence-electron chi connectivity index (χ1n) is 11.3. The van der Waals surface area contributed by atoms with Crippen LogP contribution in [-0.4, -0.2) is 59.4 Å². The lowest BCUT2D eigenvalue weighted by Gasteiger charge is -2.37. The first-order chi connectivity index (χ1) is 16.6. The maximum absolute atomic E-state index is 13.8. The van der Waals surface area contributed by atoms with Gasteiger partial charge in [0.05, 0.1) is 0 Å². The molecule has 2 N–H and O–H groups in total. The third kappa shape index (κ3) is 4.44. The Kier molecular flexibility index (Phi) is 6.48. The van der Waals surface area contributed by atoms with E-state index in [1.165, 1.54) is 0 Å². The molecule has 0 aromatic heterocycles. The average Bonchev–Trinajstić information content (AvgIpc) is 3.44. The van der Waals surface area contributed by atoms with E-state index < -0.39 is 35.7 Å². The lowest BCUT2D eigenvalue weighted by Crippen LogP contribution is -2.62. The van der Waals surface area contributed by atoms with Crippen molar-refractivity contribution in [3.05, 3.63) is 59.7 Å². The highest BCUT2D eigenvalue weighted by Gasteiger charge is 2.54. The molecule has 7 nitrogen and oxygen atoms in total. The molecule has 1 fully saturated rings. The molecule has 10 heteroatoms. The van der Waals surface area contributed by atoms with Gasteiger partial charge in [0.2, 0.25) is 6.04 Å². The van der Waals surface area contributed by atoms with Gasteiger partial charge in [0.25, 0.3) is 5.91 Å². The number of carbonyl (C=O) groups is 3. The van der Waals surface area contributed by atoms with Gasteiger partial charge in [-0.2, -0.15) is 13.2 Å². The summed E-state index contributed by atoms with van der Waals surface area (Å²) >= 11 is 0. The summed E-state index contributed by atoms with van der Waals surface area (Å²) in [6.45, 7) is -0.229. The summed E-state index contributed by atoms with van der Waals surface area (Å²) in [6, 6.07) is 12.0. The number of amides is 2. The van der Waals surface area contributed by atoms with Crippen molar-refractivity contribution in [2.75, 3.05) is 13.7 Å². The zero-order valence-corrected chi connectivity index (χ0v) is 19.0. The summed E-state index contributed by atoms with van der Waals surface area (Å²) in [4.78, 5) is 37.6. The van der Waals surface area contributed by atoms with Crippen LogP contribution in [0.25, 0.3) is 11.1 Å². The number of carbonyl (C=O) groups excluding carboxylic acids is 2. The van der Waals surface area contributed by atoms with Gasteiger partial charge in [-0.1, -0.05) is 61.4 Å². The summed E-state index contributed by atoms with van der Waals surface area (Å²) in [6.07, 6.45) is -5.53. The lowest BCUT2D eigenvalue weighted by molar-refractivity contribution is -0.181. The predicted molar refractivity (Wildman–Crippen MR) is 120 cm³/mol. The Morgan fingerprint density at radius 3 is 2.06 bits per heavy atom. The quantitative estimate of drug-likeness (QED) is 0.629. The zero-order valence-electron chi connectivity index (χ0n) is 19.0. The normalized spacial score (nSPS) is 17.3. The van der Waals surface area contributed by atoms with E-state index in [9.17, 15) is 32.7 Å². The van der Waals surface area contributed by atoms with Crippen LogP contribution >= 0.6 is 0 Å². The fourth-order valence-electron chi connectivity index (χ4n) is 5.10. The molecule has 0 heterocycles. The van der Waals surface area contributed by atoms with E-state index in [0.29, 0.717) is 17.7 Å². The summed E-state index contributed by atoms with van der Waals surface area (Å²) < 4.78 is 46.5. The number of hydrogen-bond donors (Lipinski definition) is 2. The highest BCUT2D eigenvalue weighted by atomic mass is 19.4. The molecule has 0 spiro atoms. The number of fused-ring (bicyclic) bond motifs is 3. The summed E-state index contributed by atoms with van der Waals surface area (Å²) in [7, 11) is 1.03. The number of benzene rings is 2. The van der Waals surface area contributed by atoms with Gasteiger partial charge in [-0.05, 0) is 35.1 Å². The van der Waals surface area contributed by atoms with Crippen LogP contribution in [0.2, 0.25) is 0 Å². The molecule has 186 valence electrons. The molecule has 0 bridgehead atoms. The van der Waals surface area contributed by atoms with Crippen molar-refractivity contribution >= 4 is 18.0 Å². The van der Waals surface area contributed by atoms with Crippen LogP contribution in [0.1, 0.15) is 42.7 Å². The van der Waals surface area contributed by atoms with Gasteiger partial charge in [-0.15, -0.1) is 0 Å². The number of aliphatic carboxylic acids is 1. The second-order valence-corrected chi connectivity index (χ2v) is 8.89. The minimum atomic E-state index is -5.14. The third-order valence-electron chi connectivity index (χ3n) is 6.98. The second-order valence-electron chi connectivity index (χ2n) is 8.89. The van der Waals surface area contributed by atoms with Gasteiger partial charge in [-0.3, -0.25) is 4.79 Å². The zero-order chi connectivity index (χ0) is 25.4. The third-order valence-corrected chi connectivity index (χ3v) is 6.98. The van der Waals surface area contributed by atoms with Crippen molar-refractivity contribution in [1.82, 2.24) is 10.2 Å². The molecule has 2 aromatic carbocycles. The molecule has 4 rings (SSSR count).